The fourth-order valence-electron chi connectivity index (χ4n) is 3.38. The highest BCUT2D eigenvalue weighted by Crippen LogP contribution is 2.28. The number of nitrogens with zero attached hydrogens (tertiary/aromatic N) is 3. The number of rotatable bonds is 8. The number of benzene rings is 1. The number of H-pyrrole nitrogens is 1. The second kappa shape index (κ2) is 9.26. The maximum absolute atomic E-state index is 12.4. The van der Waals surface area contributed by atoms with Crippen molar-refractivity contribution in [1.29, 1.82) is 0 Å². The number of carbonyl (C=O) groups excluding carboxylic acids is 1. The van der Waals surface area contributed by atoms with Crippen LogP contribution in [0.25, 0.3) is 0 Å². The lowest BCUT2D eigenvalue weighted by molar-refractivity contribution is -0.115. The van der Waals surface area contributed by atoms with Gasteiger partial charge in [-0.05, 0) is 43.5 Å². The van der Waals surface area contributed by atoms with E-state index >= 15 is 0 Å². The summed E-state index contributed by atoms with van der Waals surface area (Å²) in [5.74, 6) is 1.72. The first-order valence-corrected chi connectivity index (χ1v) is 10.6. The van der Waals surface area contributed by atoms with Crippen molar-refractivity contribution in [1.82, 2.24) is 15.2 Å². The number of aryl methyl sites for hydroxylation is 1. The highest BCUT2D eigenvalue weighted by molar-refractivity contribution is 8.00. The van der Waals surface area contributed by atoms with Gasteiger partial charge in [0.2, 0.25) is 11.1 Å². The van der Waals surface area contributed by atoms with E-state index in [0.717, 1.165) is 29.5 Å². The average molecular weight is 388 g/mol. The van der Waals surface area contributed by atoms with Crippen molar-refractivity contribution in [3.05, 3.63) is 30.1 Å². The number of carbonyl (C=O) groups is 1. The predicted molar refractivity (Wildman–Crippen MR) is 111 cm³/mol. The van der Waals surface area contributed by atoms with E-state index in [1.54, 1.807) is 0 Å². The van der Waals surface area contributed by atoms with Crippen LogP contribution >= 0.6 is 11.8 Å². The molecule has 0 spiro atoms. The fourth-order valence-corrected chi connectivity index (χ4v) is 4.12. The van der Waals surface area contributed by atoms with E-state index in [1.165, 1.54) is 43.9 Å². The number of thioether (sulfide) groups is 1. The number of anilines is 2. The molecule has 1 aliphatic carbocycles. The highest BCUT2D eigenvalue weighted by Gasteiger charge is 2.19. The molecule has 27 heavy (non-hydrogen) atoms. The monoisotopic (exact) mass is 387 g/mol. The van der Waals surface area contributed by atoms with Gasteiger partial charge >= 0.3 is 0 Å². The predicted octanol–water partition coefficient (Wildman–Crippen LogP) is 4.11. The van der Waals surface area contributed by atoms with Crippen molar-refractivity contribution in [2.75, 3.05) is 24.3 Å². The Hall–Kier alpha value is -2.02. The van der Waals surface area contributed by atoms with Crippen LogP contribution in [-0.4, -0.2) is 40.4 Å². The molecule has 0 radical (unpaired) electrons. The van der Waals surface area contributed by atoms with Gasteiger partial charge in [0, 0.05) is 31.9 Å². The molecule has 7 heteroatoms. The van der Waals surface area contributed by atoms with Crippen LogP contribution in [0.3, 0.4) is 0 Å². The van der Waals surface area contributed by atoms with Crippen molar-refractivity contribution >= 4 is 29.0 Å². The molecule has 1 saturated carbocycles. The summed E-state index contributed by atoms with van der Waals surface area (Å²) in [6.07, 6.45) is 7.56. The molecule has 2 N–H and O–H groups in total. The fraction of sp³-hybridized carbons (Fsp3) is 0.550. The van der Waals surface area contributed by atoms with Gasteiger partial charge in [-0.2, -0.15) is 0 Å². The second-order valence-electron chi connectivity index (χ2n) is 7.44. The van der Waals surface area contributed by atoms with Gasteiger partial charge in [0.05, 0.1) is 5.25 Å². The Morgan fingerprint density at radius 2 is 2.00 bits per heavy atom. The number of amides is 1. The summed E-state index contributed by atoms with van der Waals surface area (Å²) >= 11 is 1.38. The van der Waals surface area contributed by atoms with Crippen molar-refractivity contribution in [3.63, 3.8) is 0 Å². The molecule has 0 saturated heterocycles. The topological polar surface area (TPSA) is 73.9 Å². The van der Waals surface area contributed by atoms with E-state index in [4.69, 9.17) is 0 Å². The van der Waals surface area contributed by atoms with Gasteiger partial charge in [0.15, 0.2) is 0 Å². The third-order valence-electron chi connectivity index (χ3n) is 5.08. The Balaban J connectivity index is 1.47. The van der Waals surface area contributed by atoms with Gasteiger partial charge in [-0.15, -0.1) is 5.10 Å². The van der Waals surface area contributed by atoms with Crippen LogP contribution < -0.4 is 10.2 Å². The summed E-state index contributed by atoms with van der Waals surface area (Å²) in [7, 11) is 3.98. The molecule has 1 amide bonds. The second-order valence-corrected chi connectivity index (χ2v) is 8.75. The first-order valence-electron chi connectivity index (χ1n) is 9.67. The van der Waals surface area contributed by atoms with Gasteiger partial charge in [0.1, 0.15) is 5.82 Å². The molecule has 0 bridgehead atoms. The van der Waals surface area contributed by atoms with E-state index in [0.29, 0.717) is 5.16 Å². The summed E-state index contributed by atoms with van der Waals surface area (Å²) in [4.78, 5) is 19.0. The quantitative estimate of drug-likeness (QED) is 0.667. The number of aromatic nitrogens is 3. The van der Waals surface area contributed by atoms with E-state index in [9.17, 15) is 4.79 Å². The molecule has 1 aromatic carbocycles. The standard InChI is InChI=1S/C20H29N5OS/c1-14(19(26)21-16-9-11-17(12-10-16)25(2)3)27-20-22-18(23-24-20)13-8-15-6-4-5-7-15/h9-12,14-15H,4-8,13H2,1-3H3,(H,21,26)(H,22,23,24). The largest absolute Gasteiger partial charge is 0.378 e. The molecule has 1 atom stereocenters. The minimum Gasteiger partial charge on any atom is -0.378 e. The first kappa shape index (κ1) is 19.7. The maximum Gasteiger partial charge on any atom is 0.237 e. The number of aromatic amines is 1. The Morgan fingerprint density at radius 3 is 2.67 bits per heavy atom. The molecule has 3 rings (SSSR count). The Bertz CT molecular complexity index is 737. The van der Waals surface area contributed by atoms with Gasteiger partial charge in [-0.3, -0.25) is 9.89 Å². The molecule has 1 heterocycles. The van der Waals surface area contributed by atoms with Gasteiger partial charge < -0.3 is 10.2 Å². The van der Waals surface area contributed by atoms with E-state index in [2.05, 4.69) is 20.5 Å². The molecule has 1 unspecified atom stereocenters. The van der Waals surface area contributed by atoms with E-state index < -0.39 is 0 Å². The van der Waals surface area contributed by atoms with Gasteiger partial charge in [0.25, 0.3) is 0 Å². The summed E-state index contributed by atoms with van der Waals surface area (Å²) in [6.45, 7) is 1.88. The minimum absolute atomic E-state index is 0.0464. The SMILES string of the molecule is CC(Sc1n[nH]c(CCC2CCCC2)n1)C(=O)Nc1ccc(N(C)C)cc1. The van der Waals surface area contributed by atoms with Crippen molar-refractivity contribution in [3.8, 4) is 0 Å². The zero-order valence-electron chi connectivity index (χ0n) is 16.4. The van der Waals surface area contributed by atoms with Crippen LogP contribution in [0.15, 0.2) is 29.4 Å². The molecule has 1 aliphatic rings. The summed E-state index contributed by atoms with van der Waals surface area (Å²) in [6, 6.07) is 7.80. The maximum atomic E-state index is 12.4. The molecular formula is C20H29N5OS. The molecule has 6 nitrogen and oxygen atoms in total. The Morgan fingerprint density at radius 1 is 1.30 bits per heavy atom. The minimum atomic E-state index is -0.267. The van der Waals surface area contributed by atoms with Crippen molar-refractivity contribution < 1.29 is 4.79 Å². The lowest BCUT2D eigenvalue weighted by Crippen LogP contribution is -2.22. The van der Waals surface area contributed by atoms with Crippen molar-refractivity contribution in [2.24, 2.45) is 5.92 Å². The molecule has 2 aromatic rings. The van der Waals surface area contributed by atoms with Crippen LogP contribution in [0.5, 0.6) is 0 Å². The van der Waals surface area contributed by atoms with Crippen LogP contribution in [0.1, 0.15) is 44.9 Å². The van der Waals surface area contributed by atoms with Crippen molar-refractivity contribution in [2.45, 2.75) is 55.9 Å². The molecule has 146 valence electrons. The zero-order valence-corrected chi connectivity index (χ0v) is 17.2. The van der Waals surface area contributed by atoms with Gasteiger partial charge in [-0.25, -0.2) is 4.98 Å². The first-order chi connectivity index (χ1) is 13.0. The Labute approximate surface area is 165 Å². The van der Waals surface area contributed by atoms with Crippen LogP contribution in [-0.2, 0) is 11.2 Å². The molecule has 1 aromatic heterocycles. The van der Waals surface area contributed by atoms with Crippen LogP contribution in [0, 0.1) is 5.92 Å². The summed E-state index contributed by atoms with van der Waals surface area (Å²) in [5.41, 5.74) is 1.89. The lowest BCUT2D eigenvalue weighted by Gasteiger charge is -2.14. The van der Waals surface area contributed by atoms with E-state index in [1.807, 2.05) is 50.2 Å². The van der Waals surface area contributed by atoms with Crippen LogP contribution in [0.4, 0.5) is 11.4 Å². The highest BCUT2D eigenvalue weighted by atomic mass is 32.2. The normalized spacial score (nSPS) is 15.7. The third kappa shape index (κ3) is 5.73. The Kier molecular flexibility index (Phi) is 6.77. The molecule has 1 fully saturated rings. The van der Waals surface area contributed by atoms with Crippen LogP contribution in [0.2, 0.25) is 0 Å². The number of nitrogens with one attached hydrogen (secondary N) is 2. The number of hydrogen-bond donors (Lipinski definition) is 2. The summed E-state index contributed by atoms with van der Waals surface area (Å²) in [5, 5.41) is 10.6. The summed E-state index contributed by atoms with van der Waals surface area (Å²) < 4.78 is 0. The third-order valence-corrected chi connectivity index (χ3v) is 6.04. The van der Waals surface area contributed by atoms with E-state index in [-0.39, 0.29) is 11.2 Å². The van der Waals surface area contributed by atoms with Gasteiger partial charge in [-0.1, -0.05) is 37.4 Å². The molecule has 0 aliphatic heterocycles. The average Bonchev–Trinajstić information content (AvgIpc) is 3.32. The number of hydrogen-bond acceptors (Lipinski definition) is 5. The molecular weight excluding hydrogens is 358 g/mol. The smallest absolute Gasteiger partial charge is 0.237 e. The zero-order chi connectivity index (χ0) is 19.2. The lowest BCUT2D eigenvalue weighted by atomic mass is 10.0.